The quantitative estimate of drug-likeness (QED) is 0.715. The molecule has 0 N–H and O–H groups in total. The van der Waals surface area contributed by atoms with Gasteiger partial charge in [-0.2, -0.15) is 5.10 Å². The van der Waals surface area contributed by atoms with Gasteiger partial charge in [0.15, 0.2) is 11.4 Å². The lowest BCUT2D eigenvalue weighted by Gasteiger charge is -2.07. The summed E-state index contributed by atoms with van der Waals surface area (Å²) in [6.45, 7) is 0.958. The lowest BCUT2D eigenvalue weighted by atomic mass is 10.0. The van der Waals surface area contributed by atoms with Crippen molar-refractivity contribution in [2.75, 3.05) is 13.2 Å². The Kier molecular flexibility index (Phi) is 2.86. The van der Waals surface area contributed by atoms with Gasteiger partial charge in [0.25, 0.3) is 5.56 Å². The smallest absolute Gasteiger partial charge is 0.281 e. The number of Topliss-reactive ketones (excluding diaryl/α,β-unsaturated/α-hetero) is 1. The molecule has 3 rings (SSSR count). The van der Waals surface area contributed by atoms with Gasteiger partial charge in [0.1, 0.15) is 11.9 Å². The molecule has 1 fully saturated rings. The van der Waals surface area contributed by atoms with Crippen LogP contribution in [0.4, 0.5) is 0 Å². The largest absolute Gasteiger partial charge is 0.381 e. The first-order valence-corrected chi connectivity index (χ1v) is 6.03. The molecule has 0 radical (unpaired) electrons. The van der Waals surface area contributed by atoms with Gasteiger partial charge >= 0.3 is 0 Å². The molecule has 100 valence electrons. The lowest BCUT2D eigenvalue weighted by molar-refractivity contribution is -0.123. The van der Waals surface area contributed by atoms with Crippen LogP contribution < -0.4 is 5.56 Å². The van der Waals surface area contributed by atoms with Crippen LogP contribution in [0.25, 0.3) is 11.0 Å². The molecule has 0 aliphatic carbocycles. The highest BCUT2D eigenvalue weighted by Gasteiger charge is 2.24. The molecule has 0 saturated carbocycles. The molecule has 2 aromatic rings. The predicted octanol–water partition coefficient (Wildman–Crippen LogP) is -0.869. The van der Waals surface area contributed by atoms with E-state index in [1.165, 1.54) is 10.9 Å². The SMILES string of the molecule is Cn1ncc2c(=O)n(CC(=O)C3CCOC3)nnc21. The topological polar surface area (TPSA) is 91.9 Å². The third-order valence-corrected chi connectivity index (χ3v) is 3.31. The van der Waals surface area contributed by atoms with E-state index in [-0.39, 0.29) is 23.8 Å². The van der Waals surface area contributed by atoms with E-state index in [9.17, 15) is 9.59 Å². The van der Waals surface area contributed by atoms with Gasteiger partial charge in [-0.3, -0.25) is 9.59 Å². The third-order valence-electron chi connectivity index (χ3n) is 3.31. The Morgan fingerprint density at radius 3 is 3.16 bits per heavy atom. The molecule has 8 heteroatoms. The van der Waals surface area contributed by atoms with Crippen molar-refractivity contribution in [2.45, 2.75) is 13.0 Å². The highest BCUT2D eigenvalue weighted by molar-refractivity contribution is 5.81. The molecule has 2 aromatic heterocycles. The van der Waals surface area contributed by atoms with Gasteiger partial charge in [0, 0.05) is 19.6 Å². The van der Waals surface area contributed by atoms with E-state index in [0.29, 0.717) is 30.7 Å². The summed E-state index contributed by atoms with van der Waals surface area (Å²) in [5.74, 6) is -0.185. The number of hydrogen-bond donors (Lipinski definition) is 0. The van der Waals surface area contributed by atoms with Crippen LogP contribution in [-0.2, 0) is 23.1 Å². The first-order valence-electron chi connectivity index (χ1n) is 6.03. The molecular weight excluding hydrogens is 250 g/mol. The molecule has 8 nitrogen and oxygen atoms in total. The molecule has 0 amide bonds. The zero-order valence-corrected chi connectivity index (χ0v) is 10.4. The summed E-state index contributed by atoms with van der Waals surface area (Å²) in [5.41, 5.74) is 0.0725. The van der Waals surface area contributed by atoms with E-state index in [1.807, 2.05) is 0 Å². The van der Waals surface area contributed by atoms with Gasteiger partial charge in [0.2, 0.25) is 0 Å². The molecule has 0 bridgehead atoms. The second-order valence-electron chi connectivity index (χ2n) is 4.58. The van der Waals surface area contributed by atoms with Crippen LogP contribution in [0, 0.1) is 5.92 Å². The number of nitrogens with zero attached hydrogens (tertiary/aromatic N) is 5. The van der Waals surface area contributed by atoms with Gasteiger partial charge in [-0.25, -0.2) is 9.36 Å². The fourth-order valence-electron chi connectivity index (χ4n) is 2.15. The zero-order valence-electron chi connectivity index (χ0n) is 10.4. The first kappa shape index (κ1) is 12.0. The summed E-state index contributed by atoms with van der Waals surface area (Å²) in [6, 6.07) is 0. The van der Waals surface area contributed by atoms with Crippen LogP contribution in [0.5, 0.6) is 0 Å². The number of rotatable bonds is 3. The Hall–Kier alpha value is -2.09. The van der Waals surface area contributed by atoms with Gasteiger partial charge in [0.05, 0.1) is 12.8 Å². The van der Waals surface area contributed by atoms with Gasteiger partial charge in [-0.15, -0.1) is 5.10 Å². The van der Waals surface area contributed by atoms with Gasteiger partial charge in [-0.05, 0) is 6.42 Å². The molecule has 0 spiro atoms. The fraction of sp³-hybridized carbons (Fsp3) is 0.545. The Morgan fingerprint density at radius 1 is 1.58 bits per heavy atom. The summed E-state index contributed by atoms with van der Waals surface area (Å²) in [6.07, 6.45) is 2.14. The number of aromatic nitrogens is 5. The zero-order chi connectivity index (χ0) is 13.4. The minimum absolute atomic E-state index is 0.0443. The third kappa shape index (κ3) is 2.03. The molecule has 0 aromatic carbocycles. The monoisotopic (exact) mass is 263 g/mol. The van der Waals surface area contributed by atoms with Gasteiger partial charge in [-0.1, -0.05) is 5.21 Å². The number of carbonyl (C=O) groups excluding carboxylic acids is 1. The van der Waals surface area contributed by atoms with E-state index in [4.69, 9.17) is 4.74 Å². The van der Waals surface area contributed by atoms with Crippen molar-refractivity contribution < 1.29 is 9.53 Å². The van der Waals surface area contributed by atoms with E-state index in [2.05, 4.69) is 15.4 Å². The molecule has 1 saturated heterocycles. The summed E-state index contributed by atoms with van der Waals surface area (Å²) >= 11 is 0. The van der Waals surface area contributed by atoms with E-state index in [0.717, 1.165) is 4.68 Å². The minimum Gasteiger partial charge on any atom is -0.381 e. The molecular formula is C11H13N5O3. The Labute approximate surface area is 108 Å². The van der Waals surface area contributed by atoms with Crippen molar-refractivity contribution in [3.63, 3.8) is 0 Å². The van der Waals surface area contributed by atoms with E-state index >= 15 is 0 Å². The maximum Gasteiger partial charge on any atom is 0.281 e. The molecule has 1 atom stereocenters. The lowest BCUT2D eigenvalue weighted by Crippen LogP contribution is -2.30. The van der Waals surface area contributed by atoms with Crippen LogP contribution in [0.3, 0.4) is 0 Å². The molecule has 3 heterocycles. The molecule has 19 heavy (non-hydrogen) atoms. The number of ketones is 1. The highest BCUT2D eigenvalue weighted by Crippen LogP contribution is 2.13. The van der Waals surface area contributed by atoms with Crippen LogP contribution in [-0.4, -0.2) is 43.8 Å². The number of fused-ring (bicyclic) bond motifs is 1. The van der Waals surface area contributed by atoms with Crippen molar-refractivity contribution in [1.29, 1.82) is 0 Å². The Bertz CT molecular complexity index is 683. The van der Waals surface area contributed by atoms with Crippen molar-refractivity contribution in [3.8, 4) is 0 Å². The Balaban J connectivity index is 1.90. The van der Waals surface area contributed by atoms with Crippen LogP contribution in [0.2, 0.25) is 0 Å². The van der Waals surface area contributed by atoms with E-state index in [1.54, 1.807) is 7.05 Å². The first-order chi connectivity index (χ1) is 9.16. The fourth-order valence-corrected chi connectivity index (χ4v) is 2.15. The maximum absolute atomic E-state index is 12.1. The highest BCUT2D eigenvalue weighted by atomic mass is 16.5. The number of carbonyl (C=O) groups is 1. The number of hydrogen-bond acceptors (Lipinski definition) is 6. The summed E-state index contributed by atoms with van der Waals surface area (Å²) in [7, 11) is 1.68. The van der Waals surface area contributed by atoms with Crippen LogP contribution in [0.15, 0.2) is 11.0 Å². The van der Waals surface area contributed by atoms with Crippen LogP contribution >= 0.6 is 0 Å². The average Bonchev–Trinajstić information content (AvgIpc) is 3.03. The van der Waals surface area contributed by atoms with E-state index < -0.39 is 0 Å². The van der Waals surface area contributed by atoms with Crippen molar-refractivity contribution >= 4 is 16.8 Å². The maximum atomic E-state index is 12.1. The van der Waals surface area contributed by atoms with Gasteiger partial charge < -0.3 is 4.74 Å². The normalized spacial score (nSPS) is 19.1. The van der Waals surface area contributed by atoms with Crippen molar-refractivity contribution in [1.82, 2.24) is 24.8 Å². The number of aryl methyl sites for hydroxylation is 1. The number of ether oxygens (including phenoxy) is 1. The van der Waals surface area contributed by atoms with Crippen molar-refractivity contribution in [3.05, 3.63) is 16.6 Å². The minimum atomic E-state index is -0.342. The van der Waals surface area contributed by atoms with Crippen molar-refractivity contribution in [2.24, 2.45) is 13.0 Å². The summed E-state index contributed by atoms with van der Waals surface area (Å²) < 4.78 is 7.72. The Morgan fingerprint density at radius 2 is 2.42 bits per heavy atom. The van der Waals surface area contributed by atoms with Crippen LogP contribution in [0.1, 0.15) is 6.42 Å². The second-order valence-corrected chi connectivity index (χ2v) is 4.58. The molecule has 1 unspecified atom stereocenters. The second kappa shape index (κ2) is 4.54. The standard InChI is InChI=1S/C11H13N5O3/c1-15-10-8(4-12-15)11(18)16(14-13-10)5-9(17)7-2-3-19-6-7/h4,7H,2-3,5-6H2,1H3. The average molecular weight is 263 g/mol. The molecule has 1 aliphatic heterocycles. The summed E-state index contributed by atoms with van der Waals surface area (Å²) in [4.78, 5) is 24.1. The molecule has 1 aliphatic rings. The summed E-state index contributed by atoms with van der Waals surface area (Å²) in [5, 5.41) is 12.0. The predicted molar refractivity (Wildman–Crippen MR) is 64.5 cm³/mol.